The average molecular weight is 573 g/mol. The van der Waals surface area contributed by atoms with Crippen LogP contribution >= 0.6 is 0 Å². The van der Waals surface area contributed by atoms with E-state index in [0.29, 0.717) is 43.7 Å². The first-order valence-corrected chi connectivity index (χ1v) is 15.0. The second-order valence-corrected chi connectivity index (χ2v) is 12.7. The number of amides is 1. The molecule has 2 aromatic rings. The number of hydrogen-bond donors (Lipinski definition) is 0. The van der Waals surface area contributed by atoms with Crippen molar-refractivity contribution in [3.05, 3.63) is 65.2 Å². The summed E-state index contributed by atoms with van der Waals surface area (Å²) in [5, 5.41) is 0. The molecule has 2 aliphatic carbocycles. The van der Waals surface area contributed by atoms with Crippen molar-refractivity contribution < 1.29 is 28.6 Å². The fourth-order valence-electron chi connectivity index (χ4n) is 8.31. The van der Waals surface area contributed by atoms with Crippen molar-refractivity contribution in [2.75, 3.05) is 20.1 Å². The lowest BCUT2D eigenvalue weighted by molar-refractivity contribution is -0.221. The Kier molecular flexibility index (Phi) is 7.16. The lowest BCUT2D eigenvalue weighted by atomic mass is 9.48. The summed E-state index contributed by atoms with van der Waals surface area (Å²) in [5.74, 6) is 0.337. The number of carbonyl (C=O) groups excluding carboxylic acids is 3. The minimum absolute atomic E-state index is 0.0348. The Morgan fingerprint density at radius 3 is 2.55 bits per heavy atom. The van der Waals surface area contributed by atoms with Gasteiger partial charge >= 0.3 is 11.9 Å². The average Bonchev–Trinajstić information content (AvgIpc) is 3.29. The zero-order valence-electron chi connectivity index (χ0n) is 25.1. The predicted molar refractivity (Wildman–Crippen MR) is 158 cm³/mol. The Bertz CT molecular complexity index is 1440. The van der Waals surface area contributed by atoms with Gasteiger partial charge in [-0.2, -0.15) is 0 Å². The molecule has 2 bridgehead atoms. The molecular weight excluding hydrogens is 532 g/mol. The van der Waals surface area contributed by atoms with E-state index in [4.69, 9.17) is 14.2 Å². The molecule has 6 rings (SSSR count). The number of rotatable bonds is 7. The molecule has 2 heterocycles. The molecule has 1 saturated carbocycles. The summed E-state index contributed by atoms with van der Waals surface area (Å²) in [5.41, 5.74) is 1.55. The highest BCUT2D eigenvalue weighted by molar-refractivity contribution is 5.92. The van der Waals surface area contributed by atoms with Crippen LogP contribution < -0.4 is 9.47 Å². The first kappa shape index (κ1) is 28.5. The lowest BCUT2D eigenvalue weighted by Crippen LogP contribution is -2.79. The highest BCUT2D eigenvalue weighted by atomic mass is 16.6. The molecule has 2 aliphatic heterocycles. The lowest BCUT2D eigenvalue weighted by Gasteiger charge is -2.65. The minimum Gasteiger partial charge on any atom is -0.483 e. The Balaban J connectivity index is 1.50. The van der Waals surface area contributed by atoms with E-state index in [1.165, 1.54) is 13.8 Å². The first-order chi connectivity index (χ1) is 20.1. The monoisotopic (exact) mass is 572 g/mol. The van der Waals surface area contributed by atoms with E-state index in [-0.39, 0.29) is 29.9 Å². The third-order valence-electron chi connectivity index (χ3n) is 9.69. The van der Waals surface area contributed by atoms with Gasteiger partial charge in [0.25, 0.3) is 0 Å². The number of benzene rings is 2. The van der Waals surface area contributed by atoms with Gasteiger partial charge in [-0.05, 0) is 68.5 Å². The van der Waals surface area contributed by atoms with Crippen LogP contribution in [0.1, 0.15) is 63.6 Å². The van der Waals surface area contributed by atoms with Crippen molar-refractivity contribution in [2.24, 2.45) is 5.92 Å². The highest BCUT2D eigenvalue weighted by Crippen LogP contribution is 2.67. The topological polar surface area (TPSA) is 85.4 Å². The molecule has 1 spiro atoms. The van der Waals surface area contributed by atoms with E-state index in [2.05, 4.69) is 25.8 Å². The number of ether oxygens (including phenoxy) is 3. The van der Waals surface area contributed by atoms with Gasteiger partial charge in [-0.3, -0.25) is 19.3 Å². The largest absolute Gasteiger partial charge is 0.483 e. The molecule has 1 saturated heterocycles. The maximum Gasteiger partial charge on any atom is 0.308 e. The van der Waals surface area contributed by atoms with Crippen LogP contribution in [-0.4, -0.2) is 71.6 Å². The van der Waals surface area contributed by atoms with Crippen molar-refractivity contribution in [2.45, 2.75) is 82.6 Å². The zero-order valence-corrected chi connectivity index (χ0v) is 25.1. The molecule has 2 fully saturated rings. The van der Waals surface area contributed by atoms with Crippen molar-refractivity contribution in [3.63, 3.8) is 0 Å². The van der Waals surface area contributed by atoms with Crippen molar-refractivity contribution in [3.8, 4) is 11.5 Å². The smallest absolute Gasteiger partial charge is 0.308 e. The standard InChI is InChI=1S/C34H40N2O6/c1-21(2)20-36(29(39)14-11-24-9-7-6-8-10-24)26-15-16-34(42-23(4)38)28-19-25-12-13-27(40-22(3)37)31-30(25)33(34,32(26)41-31)17-18-35(28)5/h6-14,21,26,28,32H,15-20H2,1-5H3/b14-11+/t26?,28-,32?,33+,34-/m1/s1. The number of likely N-dealkylation sites (N-methyl/N-ethyl adjacent to an activating group) is 1. The molecule has 5 atom stereocenters. The van der Waals surface area contributed by atoms with Crippen LogP contribution in [0.2, 0.25) is 0 Å². The van der Waals surface area contributed by atoms with Crippen molar-refractivity contribution in [1.29, 1.82) is 0 Å². The third-order valence-corrected chi connectivity index (χ3v) is 9.69. The number of likely N-dealkylation sites (tertiary alicyclic amines) is 1. The summed E-state index contributed by atoms with van der Waals surface area (Å²) in [6, 6.07) is 13.3. The Labute approximate surface area is 247 Å². The van der Waals surface area contributed by atoms with Gasteiger partial charge in [0.1, 0.15) is 11.7 Å². The first-order valence-electron chi connectivity index (χ1n) is 15.0. The van der Waals surface area contributed by atoms with Gasteiger partial charge in [-0.25, -0.2) is 0 Å². The number of hydrogen-bond acceptors (Lipinski definition) is 7. The maximum atomic E-state index is 14.0. The second-order valence-electron chi connectivity index (χ2n) is 12.7. The Morgan fingerprint density at radius 1 is 1.10 bits per heavy atom. The molecule has 42 heavy (non-hydrogen) atoms. The van der Waals surface area contributed by atoms with Crippen molar-refractivity contribution >= 4 is 23.9 Å². The Morgan fingerprint density at radius 2 is 1.86 bits per heavy atom. The van der Waals surface area contributed by atoms with Crippen LogP contribution in [0.25, 0.3) is 6.08 Å². The molecular formula is C34H40N2O6. The SMILES string of the molecule is CC(=O)Oc1ccc2c3c1OC1C(N(CC(C)C)C(=O)/C=C/c4ccccc4)CC[C@@]4(OC(C)=O)[C@@H](C2)N(C)CC[C@]314. The second kappa shape index (κ2) is 10.6. The Hall–Kier alpha value is -3.65. The van der Waals surface area contributed by atoms with Gasteiger partial charge in [0, 0.05) is 32.0 Å². The normalized spacial score (nSPS) is 29.1. The van der Waals surface area contributed by atoms with Gasteiger partial charge < -0.3 is 19.1 Å². The van der Waals surface area contributed by atoms with Crippen LogP contribution in [0.5, 0.6) is 11.5 Å². The fourth-order valence-corrected chi connectivity index (χ4v) is 8.31. The molecule has 8 heteroatoms. The van der Waals surface area contributed by atoms with Crippen LogP contribution in [0, 0.1) is 5.92 Å². The van der Waals surface area contributed by atoms with E-state index in [1.54, 1.807) is 6.08 Å². The quantitative estimate of drug-likeness (QED) is 0.274. The summed E-state index contributed by atoms with van der Waals surface area (Å²) in [6.45, 7) is 8.43. The summed E-state index contributed by atoms with van der Waals surface area (Å²) in [4.78, 5) is 43.2. The van der Waals surface area contributed by atoms with Crippen LogP contribution in [-0.2, 0) is 31.0 Å². The molecule has 222 valence electrons. The van der Waals surface area contributed by atoms with E-state index >= 15 is 0 Å². The molecule has 4 aliphatic rings. The summed E-state index contributed by atoms with van der Waals surface area (Å²) in [7, 11) is 2.10. The number of piperidine rings is 1. The number of nitrogens with zero attached hydrogens (tertiary/aromatic N) is 2. The fraction of sp³-hybridized carbons (Fsp3) is 0.500. The number of carbonyl (C=O) groups is 3. The highest BCUT2D eigenvalue weighted by Gasteiger charge is 2.75. The van der Waals surface area contributed by atoms with Crippen LogP contribution in [0.3, 0.4) is 0 Å². The van der Waals surface area contributed by atoms with Gasteiger partial charge in [0.05, 0.1) is 17.5 Å². The summed E-state index contributed by atoms with van der Waals surface area (Å²) >= 11 is 0. The van der Waals surface area contributed by atoms with Crippen molar-refractivity contribution in [1.82, 2.24) is 9.80 Å². The molecule has 2 unspecified atom stereocenters. The summed E-state index contributed by atoms with van der Waals surface area (Å²) in [6.07, 6.45) is 5.65. The predicted octanol–water partition coefficient (Wildman–Crippen LogP) is 4.53. The maximum absolute atomic E-state index is 14.0. The molecule has 8 nitrogen and oxygen atoms in total. The minimum atomic E-state index is -0.827. The van der Waals surface area contributed by atoms with Gasteiger partial charge in [0.15, 0.2) is 11.5 Å². The van der Waals surface area contributed by atoms with E-state index in [0.717, 1.165) is 23.2 Å². The van der Waals surface area contributed by atoms with E-state index in [1.807, 2.05) is 53.4 Å². The van der Waals surface area contributed by atoms with E-state index < -0.39 is 23.1 Å². The van der Waals surface area contributed by atoms with E-state index in [9.17, 15) is 14.4 Å². The third kappa shape index (κ3) is 4.34. The molecule has 0 aromatic heterocycles. The molecule has 0 N–H and O–H groups in total. The van der Waals surface area contributed by atoms with Crippen LogP contribution in [0.4, 0.5) is 0 Å². The molecule has 0 radical (unpaired) electrons. The van der Waals surface area contributed by atoms with Crippen LogP contribution in [0.15, 0.2) is 48.5 Å². The summed E-state index contributed by atoms with van der Waals surface area (Å²) < 4.78 is 19.1. The van der Waals surface area contributed by atoms with Gasteiger partial charge in [0.2, 0.25) is 5.91 Å². The molecule has 1 amide bonds. The molecule has 2 aromatic carbocycles. The van der Waals surface area contributed by atoms with Gasteiger partial charge in [-0.1, -0.05) is 50.2 Å². The zero-order chi connectivity index (χ0) is 29.8. The van der Waals surface area contributed by atoms with Gasteiger partial charge in [-0.15, -0.1) is 0 Å². The number of esters is 2.